The molecule has 0 saturated heterocycles. The molecule has 7 heteroatoms. The van der Waals surface area contributed by atoms with Gasteiger partial charge in [0.05, 0.1) is 5.69 Å². The van der Waals surface area contributed by atoms with Gasteiger partial charge in [-0.15, -0.1) is 12.1 Å². The maximum atomic E-state index is 12.4. The topological polar surface area (TPSA) is 17.8 Å². The average molecular weight is 270 g/mol. The van der Waals surface area contributed by atoms with Crippen LogP contribution < -0.4 is 51.4 Å². The number of hydrogen-bond donors (Lipinski definition) is 0. The zero-order valence-corrected chi connectivity index (χ0v) is 13.9. The second kappa shape index (κ2) is 6.56. The van der Waals surface area contributed by atoms with Gasteiger partial charge in [0.1, 0.15) is 0 Å². The third-order valence-electron chi connectivity index (χ3n) is 2.70. The Morgan fingerprint density at radius 3 is 2.24 bits per heavy atom. The second-order valence-electron chi connectivity index (χ2n) is 3.89. The summed E-state index contributed by atoms with van der Waals surface area (Å²) < 4.78 is 38.5. The molecule has 0 aromatic carbocycles. The number of nitrogens with zero attached hydrogens (tertiary/aromatic N) is 2. The van der Waals surface area contributed by atoms with Crippen LogP contribution in [0.5, 0.6) is 0 Å². The molecule has 0 saturated carbocycles. The van der Waals surface area contributed by atoms with E-state index in [9.17, 15) is 12.9 Å². The van der Waals surface area contributed by atoms with Gasteiger partial charge in [0.15, 0.2) is 0 Å². The first-order valence-electron chi connectivity index (χ1n) is 5.17. The van der Waals surface area contributed by atoms with E-state index in [4.69, 9.17) is 0 Å². The van der Waals surface area contributed by atoms with Crippen LogP contribution in [-0.4, -0.2) is 16.8 Å². The van der Waals surface area contributed by atoms with E-state index in [1.54, 1.807) is 6.92 Å². The molecule has 1 aromatic rings. The normalized spacial score (nSPS) is 11.2. The van der Waals surface area contributed by atoms with Gasteiger partial charge in [-0.3, -0.25) is 4.68 Å². The van der Waals surface area contributed by atoms with Crippen LogP contribution in [0.1, 0.15) is 23.9 Å². The van der Waals surface area contributed by atoms with Gasteiger partial charge in [0, 0.05) is 12.2 Å². The fraction of sp³-hybridized carbons (Fsp3) is 0.500. The first-order valence-corrected chi connectivity index (χ1v) is 5.17. The largest absolute Gasteiger partial charge is 1.00 e. The summed E-state index contributed by atoms with van der Waals surface area (Å²) in [6.07, 6.45) is 0.779. The van der Waals surface area contributed by atoms with Crippen LogP contribution in [0.15, 0.2) is 12.1 Å². The van der Waals surface area contributed by atoms with E-state index in [1.165, 1.54) is 4.68 Å². The van der Waals surface area contributed by atoms with Gasteiger partial charge in [0.25, 0.3) is 0 Å². The summed E-state index contributed by atoms with van der Waals surface area (Å²) in [6, 6.07) is 0. The smallest absolute Gasteiger partial charge is 0.445 e. The summed E-state index contributed by atoms with van der Waals surface area (Å²) in [4.78, 5) is 0. The minimum Gasteiger partial charge on any atom is -0.445 e. The van der Waals surface area contributed by atoms with Crippen molar-refractivity contribution in [2.45, 2.75) is 33.7 Å². The van der Waals surface area contributed by atoms with E-state index in [0.717, 1.165) is 23.4 Å². The van der Waals surface area contributed by atoms with E-state index in [1.807, 2.05) is 13.8 Å². The Bertz CT molecular complexity index is 412. The Morgan fingerprint density at radius 1 is 1.35 bits per heavy atom. The molecule has 2 nitrogen and oxygen atoms in total. The Hall–Kier alpha value is 0.441. The van der Waals surface area contributed by atoms with Crippen LogP contribution in [0.4, 0.5) is 12.9 Å². The first-order chi connectivity index (χ1) is 7.27. The van der Waals surface area contributed by atoms with Gasteiger partial charge in [0.2, 0.25) is 0 Å². The molecule has 0 aliphatic carbocycles. The maximum absolute atomic E-state index is 12.4. The van der Waals surface area contributed by atoms with Gasteiger partial charge in [-0.25, -0.2) is 0 Å². The Kier molecular flexibility index (Phi) is 6.73. The number of hydrogen-bond acceptors (Lipinski definition) is 1. The van der Waals surface area contributed by atoms with Gasteiger partial charge in [-0.2, -0.15) is 5.10 Å². The zero-order chi connectivity index (χ0) is 12.5. The first kappa shape index (κ1) is 17.4. The van der Waals surface area contributed by atoms with Gasteiger partial charge in [-0.1, -0.05) is 6.92 Å². The Balaban J connectivity index is 0.00000256. The molecule has 0 spiro atoms. The van der Waals surface area contributed by atoms with Crippen LogP contribution in [0, 0.1) is 13.8 Å². The third-order valence-corrected chi connectivity index (χ3v) is 2.70. The van der Waals surface area contributed by atoms with Crippen molar-refractivity contribution in [2.75, 3.05) is 0 Å². The number of halogens is 3. The Morgan fingerprint density at radius 2 is 1.88 bits per heavy atom. The molecule has 1 heterocycles. The fourth-order valence-corrected chi connectivity index (χ4v) is 1.70. The monoisotopic (exact) mass is 270 g/mol. The van der Waals surface area contributed by atoms with E-state index >= 15 is 0 Å². The number of allylic oxidation sites excluding steroid dienone is 1. The molecule has 0 fully saturated rings. The van der Waals surface area contributed by atoms with E-state index in [-0.39, 0.29) is 57.9 Å². The quantitative estimate of drug-likeness (QED) is 0.705. The molecule has 0 aliphatic heterocycles. The molecule has 0 unspecified atom stereocenters. The number of aromatic nitrogens is 2. The van der Waals surface area contributed by atoms with E-state index in [0.29, 0.717) is 0 Å². The fourth-order valence-electron chi connectivity index (χ4n) is 1.70. The van der Waals surface area contributed by atoms with Crippen LogP contribution in [0.25, 0.3) is 0 Å². The molecule has 1 aromatic heterocycles. The van der Waals surface area contributed by atoms with Crippen molar-refractivity contribution in [1.82, 2.24) is 9.78 Å². The average Bonchev–Trinajstić information content (AvgIpc) is 2.40. The molecular weight excluding hydrogens is 255 g/mol. The van der Waals surface area contributed by atoms with Gasteiger partial charge >= 0.3 is 58.4 Å². The van der Waals surface area contributed by atoms with Crippen molar-refractivity contribution in [3.05, 3.63) is 29.0 Å². The van der Waals surface area contributed by atoms with Crippen LogP contribution in [-0.2, 0) is 13.0 Å². The van der Waals surface area contributed by atoms with Crippen molar-refractivity contribution in [2.24, 2.45) is 0 Å². The molecule has 0 aliphatic rings. The summed E-state index contributed by atoms with van der Waals surface area (Å²) in [7, 11) is 0. The van der Waals surface area contributed by atoms with Crippen molar-refractivity contribution >= 4 is 6.98 Å². The van der Waals surface area contributed by atoms with E-state index in [2.05, 4.69) is 11.7 Å². The number of aryl methyl sites for hydroxylation is 1. The van der Waals surface area contributed by atoms with E-state index < -0.39 is 12.4 Å². The summed E-state index contributed by atoms with van der Waals surface area (Å²) >= 11 is 0. The van der Waals surface area contributed by atoms with Gasteiger partial charge < -0.3 is 12.9 Å². The molecule has 0 atom stereocenters. The second-order valence-corrected chi connectivity index (χ2v) is 3.89. The molecule has 0 N–H and O–H groups in total. The summed E-state index contributed by atoms with van der Waals surface area (Å²) in [5, 5.41) is 4.10. The summed E-state index contributed by atoms with van der Waals surface area (Å²) in [5.74, 6) is 0. The SMILES string of the molecule is C=C(Cn1nc(C)c(CC)c1C)[B-](F)(F)F.[K+]. The zero-order valence-electron chi connectivity index (χ0n) is 10.7. The Labute approximate surface area is 142 Å². The third kappa shape index (κ3) is 4.24. The van der Waals surface area contributed by atoms with Crippen molar-refractivity contribution < 1.29 is 64.3 Å². The molecule has 0 amide bonds. The number of rotatable bonds is 4. The minimum atomic E-state index is -4.97. The van der Waals surface area contributed by atoms with Crippen LogP contribution in [0.3, 0.4) is 0 Å². The van der Waals surface area contributed by atoms with Crippen molar-refractivity contribution in [1.29, 1.82) is 0 Å². The van der Waals surface area contributed by atoms with Crippen molar-refractivity contribution in [3.8, 4) is 0 Å². The molecule has 1 rings (SSSR count). The van der Waals surface area contributed by atoms with Crippen molar-refractivity contribution in [3.63, 3.8) is 0 Å². The molecule has 0 radical (unpaired) electrons. The van der Waals surface area contributed by atoms with Gasteiger partial charge in [-0.05, 0) is 25.8 Å². The summed E-state index contributed by atoms with van der Waals surface area (Å²) in [5.41, 5.74) is 1.89. The maximum Gasteiger partial charge on any atom is 1.00 e. The minimum absolute atomic E-state index is 0. The molecule has 17 heavy (non-hydrogen) atoms. The van der Waals surface area contributed by atoms with Crippen LogP contribution >= 0.6 is 0 Å². The predicted molar refractivity (Wildman–Crippen MR) is 59.3 cm³/mol. The molecule has 90 valence electrons. The summed E-state index contributed by atoms with van der Waals surface area (Å²) in [6.45, 7) is 3.39. The van der Waals surface area contributed by atoms with Crippen LogP contribution in [0.2, 0.25) is 0 Å². The predicted octanol–water partition coefficient (Wildman–Crippen LogP) is 0.00914. The molecular formula is C10H15BF3KN2. The standard InChI is InChI=1S/C10H15BF3N2.K/c1-5-10-8(3)15-16(9(10)4)6-7(2)11(12,13)14;/h2,5-6H2,1,3-4H3;/q-1;+1. The molecule has 0 bridgehead atoms.